The molecule has 1 fully saturated rings. The highest BCUT2D eigenvalue weighted by atomic mass is 35.5. The first-order chi connectivity index (χ1) is 19.7. The smallest absolute Gasteiger partial charge is 0.387 e. The number of amides is 2. The molecule has 2 amide bonds. The Morgan fingerprint density at radius 3 is 2.42 bits per heavy atom. The number of ether oxygens (including phenoxy) is 2. The number of halogens is 5. The molecule has 0 bridgehead atoms. The van der Waals surface area contributed by atoms with Crippen molar-refractivity contribution in [3.63, 3.8) is 0 Å². The molecule has 12 nitrogen and oxygen atoms in total. The van der Waals surface area contributed by atoms with Crippen LogP contribution in [0.4, 0.5) is 17.6 Å². The minimum atomic E-state index is -4.64. The van der Waals surface area contributed by atoms with Crippen molar-refractivity contribution >= 4 is 34.4 Å². The van der Waals surface area contributed by atoms with Gasteiger partial charge in [0.05, 0.1) is 12.6 Å². The number of hydrogen-bond donors (Lipinski definition) is 4. The molecule has 1 heterocycles. The maximum atomic E-state index is 14.6. The molecule has 43 heavy (non-hydrogen) atoms. The lowest BCUT2D eigenvalue weighted by Gasteiger charge is -2.18. The molecule has 1 aliphatic carbocycles. The van der Waals surface area contributed by atoms with Gasteiger partial charge in [-0.2, -0.15) is 17.2 Å². The summed E-state index contributed by atoms with van der Waals surface area (Å²) in [5, 5.41) is 6.98. The number of oxazole rings is 1. The van der Waals surface area contributed by atoms with Gasteiger partial charge >= 0.3 is 6.61 Å². The summed E-state index contributed by atoms with van der Waals surface area (Å²) in [7, 11) is -4.64. The summed E-state index contributed by atoms with van der Waals surface area (Å²) in [5.41, 5.74) is 5.06. The average molecular weight is 652 g/mol. The van der Waals surface area contributed by atoms with E-state index in [0.717, 1.165) is 25.0 Å². The zero-order chi connectivity index (χ0) is 30.8. The van der Waals surface area contributed by atoms with Gasteiger partial charge < -0.3 is 24.9 Å². The minimum Gasteiger partial charge on any atom is -0.489 e. The van der Waals surface area contributed by atoms with E-state index in [1.165, 1.54) is 29.8 Å². The first kappa shape index (κ1) is 33.6. The summed E-state index contributed by atoms with van der Waals surface area (Å²) in [6, 6.07) is 2.88. The van der Waals surface area contributed by atoms with Crippen molar-refractivity contribution in [2.45, 2.75) is 38.5 Å². The van der Waals surface area contributed by atoms with Gasteiger partial charge in [-0.3, -0.25) is 9.59 Å². The zero-order valence-corrected chi connectivity index (χ0v) is 23.8. The van der Waals surface area contributed by atoms with Crippen molar-refractivity contribution in [1.82, 2.24) is 15.0 Å². The molecule has 0 aliphatic heterocycles. The van der Waals surface area contributed by atoms with E-state index >= 15 is 0 Å². The van der Waals surface area contributed by atoms with Gasteiger partial charge in [0.25, 0.3) is 22.0 Å². The Balaban J connectivity index is 0.00000506. The fourth-order valence-corrected chi connectivity index (χ4v) is 4.18. The summed E-state index contributed by atoms with van der Waals surface area (Å²) < 4.78 is 94.0. The van der Waals surface area contributed by atoms with Gasteiger partial charge in [-0.15, -0.1) is 12.4 Å². The first-order valence-corrected chi connectivity index (χ1v) is 13.8. The lowest BCUT2D eigenvalue weighted by atomic mass is 10.0. The van der Waals surface area contributed by atoms with E-state index in [0.29, 0.717) is 6.07 Å². The topological polar surface area (TPSA) is 189 Å². The van der Waals surface area contributed by atoms with Crippen LogP contribution >= 0.6 is 12.4 Å². The highest BCUT2D eigenvalue weighted by molar-refractivity contribution is 7.87. The fraction of sp³-hybridized carbons (Fsp3) is 0.320. The highest BCUT2D eigenvalue weighted by Gasteiger charge is 2.32. The number of benzene rings is 2. The number of alkyl halides is 2. The molecule has 0 radical (unpaired) electrons. The molecule has 2 atom stereocenters. The number of rotatable bonds is 12. The van der Waals surface area contributed by atoms with E-state index in [1.807, 2.05) is 0 Å². The Bertz CT molecular complexity index is 1600. The number of carbonyl (C=O) groups excluding carboxylic acids is 2. The molecule has 0 spiro atoms. The number of nitrogens with two attached hydrogens (primary N) is 2. The molecule has 0 saturated heterocycles. The number of aromatic nitrogens is 1. The van der Waals surface area contributed by atoms with Crippen LogP contribution in [0.1, 0.15) is 53.7 Å². The molecule has 1 saturated carbocycles. The van der Waals surface area contributed by atoms with Crippen molar-refractivity contribution in [3.05, 3.63) is 65.1 Å². The quantitative estimate of drug-likeness (QED) is 0.213. The van der Waals surface area contributed by atoms with E-state index in [9.17, 15) is 35.6 Å². The molecule has 4 rings (SSSR count). The minimum absolute atomic E-state index is 0. The molecule has 1 aromatic heterocycles. The van der Waals surface area contributed by atoms with Crippen molar-refractivity contribution in [3.8, 4) is 23.0 Å². The maximum absolute atomic E-state index is 14.6. The number of nitrogens with one attached hydrogen (secondary N) is 2. The van der Waals surface area contributed by atoms with Gasteiger partial charge in [0.15, 0.2) is 23.0 Å². The largest absolute Gasteiger partial charge is 0.489 e. The Hall–Kier alpha value is -3.93. The summed E-state index contributed by atoms with van der Waals surface area (Å²) in [6.45, 7) is -1.42. The van der Waals surface area contributed by atoms with Crippen LogP contribution in [0.5, 0.6) is 11.5 Å². The summed E-state index contributed by atoms with van der Waals surface area (Å²) in [5.74, 6) is -5.28. The number of carbonyl (C=O) groups is 2. The molecule has 2 aromatic carbocycles. The third kappa shape index (κ3) is 8.79. The van der Waals surface area contributed by atoms with Crippen LogP contribution < -0.4 is 30.4 Å². The van der Waals surface area contributed by atoms with E-state index < -0.39 is 63.6 Å². The Labute approximate surface area is 248 Å². The Morgan fingerprint density at radius 2 is 1.84 bits per heavy atom. The van der Waals surface area contributed by atoms with E-state index in [1.54, 1.807) is 0 Å². The van der Waals surface area contributed by atoms with E-state index in [-0.39, 0.29) is 53.6 Å². The monoisotopic (exact) mass is 651 g/mol. The third-order valence-electron chi connectivity index (χ3n) is 5.91. The highest BCUT2D eigenvalue weighted by Crippen LogP contribution is 2.37. The van der Waals surface area contributed by atoms with Crippen molar-refractivity contribution in [1.29, 1.82) is 0 Å². The SMILES string of the molecule is C[C@H](N)c1oc(-c2ccc(OC(F)F)c(OCC3CC3)c2)nc1C(=O)N[C@H](C(=O)NS(N)(=O)=O)c1ccc(F)cc1F.Cl. The second-order valence-electron chi connectivity index (χ2n) is 9.40. The second kappa shape index (κ2) is 13.6. The summed E-state index contributed by atoms with van der Waals surface area (Å²) >= 11 is 0. The van der Waals surface area contributed by atoms with Crippen molar-refractivity contribution in [2.24, 2.45) is 16.8 Å². The van der Waals surface area contributed by atoms with Crippen LogP contribution in [-0.2, 0) is 15.0 Å². The molecule has 18 heteroatoms. The molecule has 3 aromatic rings. The maximum Gasteiger partial charge on any atom is 0.387 e. The summed E-state index contributed by atoms with van der Waals surface area (Å²) in [4.78, 5) is 30.1. The average Bonchev–Trinajstić information content (AvgIpc) is 3.60. The Morgan fingerprint density at radius 1 is 1.14 bits per heavy atom. The van der Waals surface area contributed by atoms with Gasteiger partial charge in [0, 0.05) is 17.2 Å². The molecule has 234 valence electrons. The fourth-order valence-electron chi connectivity index (χ4n) is 3.78. The van der Waals surface area contributed by atoms with Crippen molar-refractivity contribution in [2.75, 3.05) is 6.61 Å². The van der Waals surface area contributed by atoms with Gasteiger partial charge in [-0.25, -0.2) is 23.6 Å². The molecular formula is C25H26ClF4N5O7S. The van der Waals surface area contributed by atoms with Gasteiger partial charge in [-0.1, -0.05) is 6.07 Å². The zero-order valence-electron chi connectivity index (χ0n) is 22.2. The molecular weight excluding hydrogens is 626 g/mol. The van der Waals surface area contributed by atoms with Crippen LogP contribution in [-0.4, -0.2) is 38.4 Å². The van der Waals surface area contributed by atoms with Crippen LogP contribution in [0.15, 0.2) is 40.8 Å². The van der Waals surface area contributed by atoms with Gasteiger partial charge in [-0.05, 0) is 49.9 Å². The van der Waals surface area contributed by atoms with Crippen LogP contribution in [0.25, 0.3) is 11.5 Å². The van der Waals surface area contributed by atoms with Gasteiger partial charge in [0.2, 0.25) is 5.89 Å². The molecule has 0 unspecified atom stereocenters. The Kier molecular flexibility index (Phi) is 10.6. The number of nitrogens with zero attached hydrogens (tertiary/aromatic N) is 1. The second-order valence-corrected chi connectivity index (χ2v) is 10.7. The normalized spacial score (nSPS) is 14.4. The first-order valence-electron chi connectivity index (χ1n) is 12.3. The molecule has 6 N–H and O–H groups in total. The number of hydrogen-bond acceptors (Lipinski definition) is 9. The van der Waals surface area contributed by atoms with Crippen LogP contribution in [0.2, 0.25) is 0 Å². The van der Waals surface area contributed by atoms with Gasteiger partial charge in [0.1, 0.15) is 17.7 Å². The lowest BCUT2D eigenvalue weighted by molar-refractivity contribution is -0.121. The third-order valence-corrected chi connectivity index (χ3v) is 6.40. The van der Waals surface area contributed by atoms with Crippen LogP contribution in [0.3, 0.4) is 0 Å². The van der Waals surface area contributed by atoms with Crippen LogP contribution in [0, 0.1) is 17.6 Å². The summed E-state index contributed by atoms with van der Waals surface area (Å²) in [6.07, 6.45) is 1.86. The predicted molar refractivity (Wildman–Crippen MR) is 144 cm³/mol. The van der Waals surface area contributed by atoms with Crippen molar-refractivity contribution < 1.29 is 49.5 Å². The predicted octanol–water partition coefficient (Wildman–Crippen LogP) is 3.24. The van der Waals surface area contributed by atoms with E-state index in [2.05, 4.69) is 15.0 Å². The molecule has 1 aliphatic rings. The lowest BCUT2D eigenvalue weighted by Crippen LogP contribution is -2.45. The standard InChI is InChI=1S/C25H25F4N5O7S.ClH/c1-11(30)21-20(22(35)32-19(23(36)34-42(31,37)38)15-6-5-14(26)9-16(15)27)33-24(41-21)13-4-7-17(40-25(28)29)18(8-13)39-10-12-2-3-12;/h4-9,11-12,19,25H,2-3,10,30H2,1H3,(H,32,35)(H,34,36)(H2,31,37,38);1H/t11-,19-;/m0./s1. The van der Waals surface area contributed by atoms with E-state index in [4.69, 9.17) is 20.0 Å².